The molecule has 1 aliphatic heterocycles. The molecule has 1 amide bonds. The van der Waals surface area contributed by atoms with E-state index < -0.39 is 5.60 Å². The van der Waals surface area contributed by atoms with Crippen molar-refractivity contribution >= 4 is 29.5 Å². The van der Waals surface area contributed by atoms with E-state index in [4.69, 9.17) is 21.1 Å². The predicted molar refractivity (Wildman–Crippen MR) is 123 cm³/mol. The first-order valence-electron chi connectivity index (χ1n) is 10.2. The van der Waals surface area contributed by atoms with Gasteiger partial charge in [-0.05, 0) is 61.9 Å². The number of methoxy groups -OCH3 is 1. The molecule has 0 saturated carbocycles. The summed E-state index contributed by atoms with van der Waals surface area (Å²) in [6.07, 6.45) is 1.35. The van der Waals surface area contributed by atoms with E-state index in [0.717, 1.165) is 28.5 Å². The Hall–Kier alpha value is -1.69. The van der Waals surface area contributed by atoms with Crippen LogP contribution in [0.1, 0.15) is 43.0 Å². The molecule has 0 N–H and O–H groups in total. The first kappa shape index (κ1) is 23.0. The molecule has 1 aliphatic rings. The summed E-state index contributed by atoms with van der Waals surface area (Å²) in [5.74, 6) is 0.846. The highest BCUT2D eigenvalue weighted by molar-refractivity contribution is 7.98. The third-order valence-corrected chi connectivity index (χ3v) is 6.62. The Morgan fingerprint density at radius 3 is 2.40 bits per heavy atom. The van der Waals surface area contributed by atoms with E-state index in [1.54, 1.807) is 18.9 Å². The van der Waals surface area contributed by atoms with Gasteiger partial charge in [0.2, 0.25) is 0 Å². The van der Waals surface area contributed by atoms with E-state index in [-0.39, 0.29) is 6.09 Å². The van der Waals surface area contributed by atoms with E-state index in [1.807, 2.05) is 31.7 Å². The quantitative estimate of drug-likeness (QED) is 0.518. The zero-order valence-corrected chi connectivity index (χ0v) is 19.7. The number of benzene rings is 2. The molecule has 0 bridgehead atoms. The lowest BCUT2D eigenvalue weighted by Gasteiger charge is -2.26. The first-order chi connectivity index (χ1) is 14.3. The van der Waals surface area contributed by atoms with Gasteiger partial charge in [0.25, 0.3) is 0 Å². The Bertz CT molecular complexity index is 877. The van der Waals surface area contributed by atoms with Crippen LogP contribution in [0.15, 0.2) is 41.3 Å². The minimum Gasteiger partial charge on any atom is -0.444 e. The molecule has 0 unspecified atom stereocenters. The van der Waals surface area contributed by atoms with Crippen molar-refractivity contribution in [2.24, 2.45) is 0 Å². The van der Waals surface area contributed by atoms with E-state index >= 15 is 0 Å². The lowest BCUT2D eigenvalue weighted by atomic mass is 10.0. The molecular weight excluding hydrogens is 418 g/mol. The zero-order valence-electron chi connectivity index (χ0n) is 18.2. The van der Waals surface area contributed by atoms with Gasteiger partial charge in [0, 0.05) is 30.8 Å². The molecule has 0 atom stereocenters. The first-order valence-corrected chi connectivity index (χ1v) is 11.6. The second-order valence-electron chi connectivity index (χ2n) is 8.52. The maximum absolute atomic E-state index is 12.5. The average Bonchev–Trinajstić information content (AvgIpc) is 2.90. The van der Waals surface area contributed by atoms with Crippen molar-refractivity contribution in [1.82, 2.24) is 4.90 Å². The van der Waals surface area contributed by atoms with E-state index in [9.17, 15) is 4.79 Å². The lowest BCUT2D eigenvalue weighted by molar-refractivity contribution is 0.0258. The van der Waals surface area contributed by atoms with Crippen molar-refractivity contribution in [1.29, 1.82) is 0 Å². The summed E-state index contributed by atoms with van der Waals surface area (Å²) in [5.41, 5.74) is 4.45. The van der Waals surface area contributed by atoms with Crippen molar-refractivity contribution in [3.63, 3.8) is 0 Å². The van der Waals surface area contributed by atoms with Crippen LogP contribution in [0.25, 0.3) is 0 Å². The van der Waals surface area contributed by atoms with E-state index in [2.05, 4.69) is 30.3 Å². The largest absolute Gasteiger partial charge is 0.444 e. The number of halogens is 1. The fraction of sp³-hybridized carbons (Fsp3) is 0.458. The van der Waals surface area contributed by atoms with Crippen molar-refractivity contribution in [3.8, 4) is 0 Å². The number of carbonyl (C=O) groups is 1. The van der Waals surface area contributed by atoms with Gasteiger partial charge in [-0.15, -0.1) is 11.8 Å². The molecule has 162 valence electrons. The topological polar surface area (TPSA) is 38.8 Å². The molecule has 6 heteroatoms. The summed E-state index contributed by atoms with van der Waals surface area (Å²) < 4.78 is 10.7. The Labute approximate surface area is 188 Å². The number of fused-ring (bicyclic) bond motifs is 1. The van der Waals surface area contributed by atoms with Crippen LogP contribution in [-0.2, 0) is 34.7 Å². The highest BCUT2D eigenvalue weighted by Gasteiger charge is 2.25. The van der Waals surface area contributed by atoms with Gasteiger partial charge in [0.05, 0.1) is 11.6 Å². The highest BCUT2D eigenvalue weighted by Crippen LogP contribution is 2.36. The van der Waals surface area contributed by atoms with Crippen LogP contribution in [0.2, 0.25) is 5.02 Å². The molecule has 4 nitrogen and oxygen atoms in total. The van der Waals surface area contributed by atoms with Gasteiger partial charge in [0.15, 0.2) is 0 Å². The number of ether oxygens (including phenoxy) is 2. The fourth-order valence-corrected chi connectivity index (χ4v) is 4.94. The van der Waals surface area contributed by atoms with Gasteiger partial charge < -0.3 is 14.4 Å². The Morgan fingerprint density at radius 1 is 1.07 bits per heavy atom. The Kier molecular flexibility index (Phi) is 7.72. The summed E-state index contributed by atoms with van der Waals surface area (Å²) in [6, 6.07) is 12.6. The fourth-order valence-electron chi connectivity index (χ4n) is 3.48. The molecule has 2 aromatic rings. The summed E-state index contributed by atoms with van der Waals surface area (Å²) >= 11 is 8.36. The van der Waals surface area contributed by atoms with Crippen LogP contribution >= 0.6 is 23.4 Å². The Morgan fingerprint density at radius 2 is 1.73 bits per heavy atom. The molecule has 0 radical (unpaired) electrons. The van der Waals surface area contributed by atoms with Gasteiger partial charge in [-0.1, -0.05) is 41.9 Å². The number of hydrogen-bond acceptors (Lipinski definition) is 4. The number of thioether (sulfide) groups is 1. The molecular formula is C24H30ClNO3S. The highest BCUT2D eigenvalue weighted by atomic mass is 35.5. The smallest absolute Gasteiger partial charge is 0.410 e. The number of hydrogen-bond donors (Lipinski definition) is 0. The van der Waals surface area contributed by atoms with Gasteiger partial charge in [-0.3, -0.25) is 0 Å². The van der Waals surface area contributed by atoms with Crippen LogP contribution in [0, 0.1) is 0 Å². The number of amides is 1. The van der Waals surface area contributed by atoms with Crippen LogP contribution in [0.3, 0.4) is 0 Å². The standard InChI is InChI=1S/C24H30ClNO3S/c1-24(2,3)29-23(27)26-13-11-19-9-10-21(25)22(20(19)12-14-26)30-16-18-7-5-17(6-8-18)15-28-4/h5-10H,11-16H2,1-4H3. The maximum atomic E-state index is 12.5. The van der Waals surface area contributed by atoms with Crippen LogP contribution in [0.4, 0.5) is 4.79 Å². The minimum absolute atomic E-state index is 0.244. The summed E-state index contributed by atoms with van der Waals surface area (Å²) in [7, 11) is 1.71. The van der Waals surface area contributed by atoms with Crippen LogP contribution < -0.4 is 0 Å². The minimum atomic E-state index is -0.487. The molecule has 30 heavy (non-hydrogen) atoms. The third-order valence-electron chi connectivity index (χ3n) is 4.96. The maximum Gasteiger partial charge on any atom is 0.410 e. The van der Waals surface area contributed by atoms with Crippen molar-refractivity contribution in [2.45, 2.75) is 56.5 Å². The van der Waals surface area contributed by atoms with Crippen molar-refractivity contribution in [2.75, 3.05) is 20.2 Å². The van der Waals surface area contributed by atoms with Gasteiger partial charge in [-0.2, -0.15) is 0 Å². The van der Waals surface area contributed by atoms with Crippen LogP contribution in [-0.4, -0.2) is 36.8 Å². The second-order valence-corrected chi connectivity index (χ2v) is 9.91. The molecule has 1 heterocycles. The molecule has 0 saturated heterocycles. The molecule has 3 rings (SSSR count). The second kappa shape index (κ2) is 10.1. The lowest BCUT2D eigenvalue weighted by Crippen LogP contribution is -2.38. The summed E-state index contributed by atoms with van der Waals surface area (Å²) in [6.45, 7) is 7.62. The van der Waals surface area contributed by atoms with E-state index in [1.165, 1.54) is 22.3 Å². The molecule has 0 aliphatic carbocycles. The molecule has 0 aromatic heterocycles. The SMILES string of the molecule is COCc1ccc(CSc2c(Cl)ccc3c2CCN(C(=O)OC(C)(C)C)CC3)cc1. The van der Waals surface area contributed by atoms with Crippen molar-refractivity contribution < 1.29 is 14.3 Å². The molecule has 0 spiro atoms. The number of rotatable bonds is 5. The molecule has 0 fully saturated rings. The number of nitrogens with zero attached hydrogens (tertiary/aromatic N) is 1. The monoisotopic (exact) mass is 447 g/mol. The van der Waals surface area contributed by atoms with Gasteiger partial charge in [-0.25, -0.2) is 4.79 Å². The number of carbonyl (C=O) groups excluding carboxylic acids is 1. The summed E-state index contributed by atoms with van der Waals surface area (Å²) in [4.78, 5) is 15.5. The predicted octanol–water partition coefficient (Wildman–Crippen LogP) is 6.11. The average molecular weight is 448 g/mol. The summed E-state index contributed by atoms with van der Waals surface area (Å²) in [5, 5.41) is 0.778. The normalized spacial score (nSPS) is 14.2. The zero-order chi connectivity index (χ0) is 21.7. The van der Waals surface area contributed by atoms with Crippen molar-refractivity contribution in [3.05, 3.63) is 63.7 Å². The van der Waals surface area contributed by atoms with Crippen LogP contribution in [0.5, 0.6) is 0 Å². The van der Waals surface area contributed by atoms with E-state index in [0.29, 0.717) is 19.7 Å². The third kappa shape index (κ3) is 6.16. The Balaban J connectivity index is 1.71. The molecule has 2 aromatic carbocycles. The van der Waals surface area contributed by atoms with Gasteiger partial charge in [0.1, 0.15) is 5.60 Å². The van der Waals surface area contributed by atoms with Gasteiger partial charge >= 0.3 is 6.09 Å².